The number of hydrogen-bond donors (Lipinski definition) is 0. The molecule has 0 spiro atoms. The van der Waals surface area contributed by atoms with Crippen LogP contribution in [0.25, 0.3) is 0 Å². The van der Waals surface area contributed by atoms with E-state index in [-0.39, 0.29) is 0 Å². The first-order valence-corrected chi connectivity index (χ1v) is 5.98. The first-order chi connectivity index (χ1) is 7.79. The fourth-order valence-corrected chi connectivity index (χ4v) is 2.40. The van der Waals surface area contributed by atoms with Gasteiger partial charge in [0.1, 0.15) is 0 Å². The van der Waals surface area contributed by atoms with Crippen LogP contribution < -0.4 is 0 Å². The van der Waals surface area contributed by atoms with Gasteiger partial charge in [0.25, 0.3) is 0 Å². The summed E-state index contributed by atoms with van der Waals surface area (Å²) in [5.74, 6) is 0.678. The maximum Gasteiger partial charge on any atom is 0.185 e. The van der Waals surface area contributed by atoms with Gasteiger partial charge in [0.15, 0.2) is 7.98 Å². The molecule has 1 atom stereocenters. The third-order valence-electron chi connectivity index (χ3n) is 3.46. The Labute approximate surface area is 98.3 Å². The SMILES string of the molecule is BN1CCCC(c2ccc(C#N)cc2)CC1. The molecule has 1 aliphatic heterocycles. The highest BCUT2D eigenvalue weighted by atomic mass is 15.0. The van der Waals surface area contributed by atoms with Crippen molar-refractivity contribution in [2.75, 3.05) is 13.1 Å². The van der Waals surface area contributed by atoms with Crippen molar-refractivity contribution in [2.45, 2.75) is 25.2 Å². The van der Waals surface area contributed by atoms with Gasteiger partial charge < -0.3 is 4.81 Å². The molecule has 1 unspecified atom stereocenters. The minimum absolute atomic E-state index is 0.678. The van der Waals surface area contributed by atoms with Gasteiger partial charge in [-0.2, -0.15) is 5.26 Å². The molecule has 0 radical (unpaired) electrons. The normalized spacial score (nSPS) is 22.3. The number of nitriles is 1. The summed E-state index contributed by atoms with van der Waals surface area (Å²) < 4.78 is 0. The predicted octanol–water partition coefficient (Wildman–Crippen LogP) is 1.68. The van der Waals surface area contributed by atoms with E-state index in [0.29, 0.717) is 5.92 Å². The molecule has 0 aliphatic carbocycles. The second kappa shape index (κ2) is 5.18. The monoisotopic (exact) mass is 212 g/mol. The molecular formula is C13H17BN2. The summed E-state index contributed by atoms with van der Waals surface area (Å²) in [6.45, 7) is 2.40. The average Bonchev–Trinajstić information content (AvgIpc) is 2.54. The molecule has 1 saturated heterocycles. The summed E-state index contributed by atoms with van der Waals surface area (Å²) in [7, 11) is 2.20. The number of rotatable bonds is 1. The lowest BCUT2D eigenvalue weighted by atomic mass is 9.91. The molecule has 0 aromatic heterocycles. The van der Waals surface area contributed by atoms with Crippen LogP contribution in [0.15, 0.2) is 24.3 Å². The van der Waals surface area contributed by atoms with Crippen LogP contribution in [-0.2, 0) is 0 Å². The number of benzene rings is 1. The Bertz CT molecular complexity index is 380. The summed E-state index contributed by atoms with van der Waals surface area (Å²) >= 11 is 0. The fraction of sp³-hybridized carbons (Fsp3) is 0.462. The molecule has 0 bridgehead atoms. The van der Waals surface area contributed by atoms with Crippen molar-refractivity contribution in [3.63, 3.8) is 0 Å². The zero-order valence-corrected chi connectivity index (χ0v) is 9.82. The summed E-state index contributed by atoms with van der Waals surface area (Å²) in [5, 5.41) is 8.76. The minimum Gasteiger partial charge on any atom is -0.349 e. The minimum atomic E-state index is 0.678. The largest absolute Gasteiger partial charge is 0.349 e. The van der Waals surface area contributed by atoms with Crippen LogP contribution in [0.5, 0.6) is 0 Å². The lowest BCUT2D eigenvalue weighted by Crippen LogP contribution is -2.20. The van der Waals surface area contributed by atoms with Crippen molar-refractivity contribution in [1.82, 2.24) is 4.81 Å². The number of hydrogen-bond acceptors (Lipinski definition) is 2. The Balaban J connectivity index is 2.08. The standard InChI is InChI=1S/C13H17BN2/c14-16-8-1-2-12(7-9-16)13-5-3-11(10-15)4-6-13/h3-6,12H,1-2,7-9,14H2. The summed E-state index contributed by atoms with van der Waals surface area (Å²) in [6, 6.07) is 10.3. The van der Waals surface area contributed by atoms with Crippen LogP contribution in [0.2, 0.25) is 0 Å². The molecule has 0 amide bonds. The first-order valence-electron chi connectivity index (χ1n) is 5.98. The molecule has 1 aromatic carbocycles. The van der Waals surface area contributed by atoms with E-state index in [1.165, 1.54) is 37.9 Å². The molecule has 0 N–H and O–H groups in total. The van der Waals surface area contributed by atoms with Crippen molar-refractivity contribution >= 4 is 7.98 Å². The van der Waals surface area contributed by atoms with E-state index < -0.39 is 0 Å². The van der Waals surface area contributed by atoms with Gasteiger partial charge in [-0.1, -0.05) is 12.1 Å². The lowest BCUT2D eigenvalue weighted by molar-refractivity contribution is 0.467. The second-order valence-corrected chi connectivity index (χ2v) is 4.66. The topological polar surface area (TPSA) is 27.0 Å². The molecule has 3 heteroatoms. The Morgan fingerprint density at radius 3 is 2.62 bits per heavy atom. The first kappa shape index (κ1) is 11.2. The molecule has 1 aromatic rings. The molecule has 82 valence electrons. The van der Waals surface area contributed by atoms with E-state index in [0.717, 1.165) is 5.56 Å². The third-order valence-corrected chi connectivity index (χ3v) is 3.46. The van der Waals surface area contributed by atoms with Crippen LogP contribution in [0.1, 0.15) is 36.3 Å². The van der Waals surface area contributed by atoms with Crippen molar-refractivity contribution < 1.29 is 0 Å². The van der Waals surface area contributed by atoms with Crippen molar-refractivity contribution in [3.8, 4) is 6.07 Å². The van der Waals surface area contributed by atoms with Crippen LogP contribution in [-0.4, -0.2) is 25.9 Å². The highest BCUT2D eigenvalue weighted by Gasteiger charge is 2.15. The van der Waals surface area contributed by atoms with Gasteiger partial charge in [0.05, 0.1) is 11.6 Å². The Kier molecular flexibility index (Phi) is 3.64. The maximum absolute atomic E-state index is 8.76. The molecule has 0 saturated carbocycles. The van der Waals surface area contributed by atoms with E-state index >= 15 is 0 Å². The Morgan fingerprint density at radius 2 is 1.94 bits per heavy atom. The van der Waals surface area contributed by atoms with E-state index in [4.69, 9.17) is 5.26 Å². The van der Waals surface area contributed by atoms with Gasteiger partial charge in [-0.05, 0) is 56.0 Å². The van der Waals surface area contributed by atoms with Crippen LogP contribution in [0, 0.1) is 11.3 Å². The Hall–Kier alpha value is -1.27. The van der Waals surface area contributed by atoms with Gasteiger partial charge in [0, 0.05) is 0 Å². The average molecular weight is 212 g/mol. The smallest absolute Gasteiger partial charge is 0.185 e. The zero-order valence-electron chi connectivity index (χ0n) is 9.82. The molecule has 1 aliphatic rings. The molecule has 2 rings (SSSR count). The van der Waals surface area contributed by atoms with Gasteiger partial charge in [-0.15, -0.1) is 0 Å². The molecule has 2 nitrogen and oxygen atoms in total. The predicted molar refractivity (Wildman–Crippen MR) is 67.9 cm³/mol. The van der Waals surface area contributed by atoms with Crippen molar-refractivity contribution in [1.29, 1.82) is 5.26 Å². The van der Waals surface area contributed by atoms with E-state index in [1.807, 2.05) is 12.1 Å². The summed E-state index contributed by atoms with van der Waals surface area (Å²) in [5.41, 5.74) is 2.16. The van der Waals surface area contributed by atoms with E-state index in [9.17, 15) is 0 Å². The quantitative estimate of drug-likeness (QED) is 0.662. The molecule has 16 heavy (non-hydrogen) atoms. The highest BCUT2D eigenvalue weighted by Crippen LogP contribution is 2.27. The fourth-order valence-electron chi connectivity index (χ4n) is 2.40. The van der Waals surface area contributed by atoms with E-state index in [1.54, 1.807) is 0 Å². The Morgan fingerprint density at radius 1 is 1.19 bits per heavy atom. The van der Waals surface area contributed by atoms with Gasteiger partial charge in [-0.25, -0.2) is 0 Å². The van der Waals surface area contributed by atoms with Crippen molar-refractivity contribution in [2.24, 2.45) is 0 Å². The summed E-state index contributed by atoms with van der Waals surface area (Å²) in [4.78, 5) is 2.41. The van der Waals surface area contributed by atoms with Crippen LogP contribution in [0.3, 0.4) is 0 Å². The second-order valence-electron chi connectivity index (χ2n) is 4.66. The lowest BCUT2D eigenvalue weighted by Gasteiger charge is -2.15. The van der Waals surface area contributed by atoms with Gasteiger partial charge in [0.2, 0.25) is 0 Å². The van der Waals surface area contributed by atoms with Crippen LogP contribution in [0.4, 0.5) is 0 Å². The summed E-state index contributed by atoms with van der Waals surface area (Å²) in [6.07, 6.45) is 3.79. The van der Waals surface area contributed by atoms with E-state index in [2.05, 4.69) is 31.0 Å². The highest BCUT2D eigenvalue weighted by molar-refractivity contribution is 6.04. The van der Waals surface area contributed by atoms with Crippen LogP contribution >= 0.6 is 0 Å². The third kappa shape index (κ3) is 2.65. The molecule has 1 heterocycles. The number of nitrogens with zero attached hydrogens (tertiary/aromatic N) is 2. The molecule has 1 fully saturated rings. The van der Waals surface area contributed by atoms with Gasteiger partial charge >= 0.3 is 0 Å². The maximum atomic E-state index is 8.76. The van der Waals surface area contributed by atoms with Gasteiger partial charge in [-0.3, -0.25) is 0 Å². The van der Waals surface area contributed by atoms with Crippen molar-refractivity contribution in [3.05, 3.63) is 35.4 Å². The zero-order chi connectivity index (χ0) is 11.4. The molecular weight excluding hydrogens is 195 g/mol.